The van der Waals surface area contributed by atoms with Crippen molar-refractivity contribution in [2.24, 2.45) is 5.92 Å². The number of aromatic nitrogens is 1. The summed E-state index contributed by atoms with van der Waals surface area (Å²) >= 11 is 0. The Morgan fingerprint density at radius 1 is 1.00 bits per heavy atom. The third kappa shape index (κ3) is 5.43. The van der Waals surface area contributed by atoms with Gasteiger partial charge in [-0.1, -0.05) is 38.1 Å². The van der Waals surface area contributed by atoms with Gasteiger partial charge in [-0.05, 0) is 60.0 Å². The van der Waals surface area contributed by atoms with Crippen LogP contribution in [0.2, 0.25) is 0 Å². The minimum atomic E-state index is -0.953. The summed E-state index contributed by atoms with van der Waals surface area (Å²) in [5.41, 5.74) is 3.93. The second-order valence-corrected chi connectivity index (χ2v) is 8.32. The number of amides is 1. The van der Waals surface area contributed by atoms with E-state index in [2.05, 4.69) is 24.1 Å². The fourth-order valence-electron chi connectivity index (χ4n) is 3.62. The van der Waals surface area contributed by atoms with Crippen molar-refractivity contribution in [2.45, 2.75) is 26.4 Å². The van der Waals surface area contributed by atoms with Gasteiger partial charge in [-0.2, -0.15) is 0 Å². The predicted octanol–water partition coefficient (Wildman–Crippen LogP) is 5.48. The lowest BCUT2D eigenvalue weighted by Gasteiger charge is -2.23. The molecule has 0 fully saturated rings. The number of benzene rings is 3. The number of oxazole rings is 1. The summed E-state index contributed by atoms with van der Waals surface area (Å²) in [5, 5.41) is 11.3. The van der Waals surface area contributed by atoms with Crippen molar-refractivity contribution < 1.29 is 23.8 Å². The van der Waals surface area contributed by atoms with Crippen LogP contribution in [0.4, 0.5) is 0 Å². The van der Waals surface area contributed by atoms with Crippen LogP contribution in [-0.2, 0) is 4.79 Å². The average Bonchev–Trinajstić information content (AvgIpc) is 3.27. The van der Waals surface area contributed by atoms with Crippen LogP contribution in [0.25, 0.3) is 22.6 Å². The first-order chi connectivity index (χ1) is 16.4. The first kappa shape index (κ1) is 23.0. The number of ether oxygens (including phenoxy) is 1. The van der Waals surface area contributed by atoms with Gasteiger partial charge < -0.3 is 19.6 Å². The molecular weight excluding hydrogens is 432 g/mol. The summed E-state index contributed by atoms with van der Waals surface area (Å²) in [6, 6.07) is 22.5. The summed E-state index contributed by atoms with van der Waals surface area (Å²) in [7, 11) is 0. The van der Waals surface area contributed by atoms with E-state index in [1.807, 2.05) is 48.5 Å². The lowest BCUT2D eigenvalue weighted by atomic mass is 9.97. The van der Waals surface area contributed by atoms with Crippen molar-refractivity contribution >= 4 is 23.0 Å². The van der Waals surface area contributed by atoms with E-state index in [1.54, 1.807) is 24.3 Å². The summed E-state index contributed by atoms with van der Waals surface area (Å²) < 4.78 is 12.1. The number of carbonyl (C=O) groups is 2. The zero-order valence-electron chi connectivity index (χ0n) is 19.0. The molecule has 1 heterocycles. The molecule has 0 spiro atoms. The molecule has 0 saturated heterocycles. The molecule has 0 saturated carbocycles. The number of nitrogens with zero attached hydrogens (tertiary/aromatic N) is 1. The number of fused-ring (bicyclic) bond motifs is 1. The lowest BCUT2D eigenvalue weighted by molar-refractivity contribution is -0.136. The molecule has 4 aromatic rings. The molecule has 34 heavy (non-hydrogen) atoms. The largest absolute Gasteiger partial charge is 0.485 e. The number of carboxylic acids is 1. The van der Waals surface area contributed by atoms with Crippen molar-refractivity contribution in [1.82, 2.24) is 10.3 Å². The van der Waals surface area contributed by atoms with Gasteiger partial charge in [0.15, 0.2) is 5.58 Å². The smallest absolute Gasteiger partial charge is 0.305 e. The maximum absolute atomic E-state index is 12.1. The van der Waals surface area contributed by atoms with E-state index in [4.69, 9.17) is 14.3 Å². The van der Waals surface area contributed by atoms with Crippen molar-refractivity contribution in [2.75, 3.05) is 6.54 Å². The highest BCUT2D eigenvalue weighted by atomic mass is 16.5. The highest BCUT2D eigenvalue weighted by molar-refractivity contribution is 5.94. The maximum Gasteiger partial charge on any atom is 0.305 e. The van der Waals surface area contributed by atoms with E-state index < -0.39 is 5.97 Å². The third-order valence-corrected chi connectivity index (χ3v) is 5.39. The fraction of sp³-hybridized carbons (Fsp3) is 0.222. The van der Waals surface area contributed by atoms with Gasteiger partial charge in [0.2, 0.25) is 5.89 Å². The van der Waals surface area contributed by atoms with Gasteiger partial charge in [0.25, 0.3) is 5.91 Å². The summed E-state index contributed by atoms with van der Waals surface area (Å²) in [6.07, 6.45) is -0.304. The summed E-state index contributed by atoms with van der Waals surface area (Å²) in [5.74, 6) is 0.152. The van der Waals surface area contributed by atoms with Crippen molar-refractivity contribution in [3.63, 3.8) is 0 Å². The molecule has 1 atom stereocenters. The molecular formula is C27H26N2O5. The Bertz CT molecular complexity index is 1240. The van der Waals surface area contributed by atoms with Gasteiger partial charge in [0, 0.05) is 17.7 Å². The molecule has 4 rings (SSSR count). The Morgan fingerprint density at radius 2 is 1.71 bits per heavy atom. The minimum absolute atomic E-state index is 0.0847. The van der Waals surface area contributed by atoms with Crippen LogP contribution in [0.5, 0.6) is 5.75 Å². The topological polar surface area (TPSA) is 102 Å². The number of aliphatic carboxylic acids is 1. The Labute approximate surface area is 197 Å². The first-order valence-corrected chi connectivity index (χ1v) is 11.1. The standard InChI is InChI=1S/C27H26N2O5/c1-17(2)25(33-21-13-11-19(12-14-21)26(32)28-16-15-24(30)31)18-7-9-20(10-8-18)27-29-22-5-3-4-6-23(22)34-27/h3-14,17,25H,15-16H2,1-2H3,(H,28,32)(H,30,31). The minimum Gasteiger partial charge on any atom is -0.485 e. The predicted molar refractivity (Wildman–Crippen MR) is 129 cm³/mol. The summed E-state index contributed by atoms with van der Waals surface area (Å²) in [6.45, 7) is 4.26. The average molecular weight is 459 g/mol. The monoisotopic (exact) mass is 458 g/mol. The fourth-order valence-corrected chi connectivity index (χ4v) is 3.62. The Balaban J connectivity index is 1.45. The molecule has 174 valence electrons. The second kappa shape index (κ2) is 10.2. The molecule has 0 radical (unpaired) electrons. The molecule has 0 aliphatic rings. The Morgan fingerprint density at radius 3 is 2.35 bits per heavy atom. The number of rotatable bonds is 9. The van der Waals surface area contributed by atoms with E-state index in [0.717, 1.165) is 22.2 Å². The van der Waals surface area contributed by atoms with Crippen molar-refractivity contribution in [3.05, 3.63) is 83.9 Å². The molecule has 0 bridgehead atoms. The van der Waals surface area contributed by atoms with Gasteiger partial charge in [0.05, 0.1) is 6.42 Å². The van der Waals surface area contributed by atoms with Crippen molar-refractivity contribution in [1.29, 1.82) is 0 Å². The molecule has 1 aromatic heterocycles. The number of carboxylic acid groups (broad SMARTS) is 1. The molecule has 1 unspecified atom stereocenters. The zero-order valence-corrected chi connectivity index (χ0v) is 19.0. The molecule has 3 aromatic carbocycles. The van der Waals surface area contributed by atoms with Crippen LogP contribution in [0.15, 0.2) is 77.2 Å². The van der Waals surface area contributed by atoms with Gasteiger partial charge in [-0.15, -0.1) is 0 Å². The SMILES string of the molecule is CC(C)C(Oc1ccc(C(=O)NCCC(=O)O)cc1)c1ccc(-c2nc3ccccc3o2)cc1. The van der Waals surface area contributed by atoms with Crippen molar-refractivity contribution in [3.8, 4) is 17.2 Å². The number of hydrogen-bond donors (Lipinski definition) is 2. The quantitative estimate of drug-likeness (QED) is 0.345. The lowest BCUT2D eigenvalue weighted by Crippen LogP contribution is -2.25. The Hall–Kier alpha value is -4.13. The van der Waals surface area contributed by atoms with Crippen LogP contribution in [-0.4, -0.2) is 28.5 Å². The van der Waals surface area contributed by atoms with Crippen LogP contribution in [0, 0.1) is 5.92 Å². The van der Waals surface area contributed by atoms with Gasteiger partial charge >= 0.3 is 5.97 Å². The normalized spacial score (nSPS) is 12.0. The number of para-hydroxylation sites is 2. The molecule has 0 aliphatic heterocycles. The molecule has 2 N–H and O–H groups in total. The van der Waals surface area contributed by atoms with Gasteiger partial charge in [0.1, 0.15) is 17.4 Å². The van der Waals surface area contributed by atoms with Crippen LogP contribution >= 0.6 is 0 Å². The maximum atomic E-state index is 12.1. The Kier molecular flexibility index (Phi) is 6.92. The zero-order chi connectivity index (χ0) is 24.1. The highest BCUT2D eigenvalue weighted by Gasteiger charge is 2.19. The first-order valence-electron chi connectivity index (χ1n) is 11.1. The third-order valence-electron chi connectivity index (χ3n) is 5.39. The van der Waals surface area contributed by atoms with E-state index in [1.165, 1.54) is 0 Å². The van der Waals surface area contributed by atoms with E-state index in [0.29, 0.717) is 17.2 Å². The van der Waals surface area contributed by atoms with Gasteiger partial charge in [-0.3, -0.25) is 9.59 Å². The number of hydrogen-bond acceptors (Lipinski definition) is 5. The van der Waals surface area contributed by atoms with E-state index in [-0.39, 0.29) is 30.9 Å². The molecule has 7 nitrogen and oxygen atoms in total. The van der Waals surface area contributed by atoms with Crippen LogP contribution in [0.1, 0.15) is 42.3 Å². The molecule has 7 heteroatoms. The highest BCUT2D eigenvalue weighted by Crippen LogP contribution is 2.31. The summed E-state index contributed by atoms with van der Waals surface area (Å²) in [4.78, 5) is 27.3. The molecule has 0 aliphatic carbocycles. The van der Waals surface area contributed by atoms with E-state index in [9.17, 15) is 9.59 Å². The second-order valence-electron chi connectivity index (χ2n) is 8.32. The van der Waals surface area contributed by atoms with Crippen LogP contribution < -0.4 is 10.1 Å². The molecule has 1 amide bonds. The number of nitrogens with one attached hydrogen (secondary N) is 1. The number of carbonyl (C=O) groups excluding carboxylic acids is 1. The van der Waals surface area contributed by atoms with E-state index >= 15 is 0 Å². The van der Waals surface area contributed by atoms with Crippen LogP contribution in [0.3, 0.4) is 0 Å². The van der Waals surface area contributed by atoms with Gasteiger partial charge in [-0.25, -0.2) is 4.98 Å².